The van der Waals surface area contributed by atoms with Crippen LogP contribution in [0.4, 0.5) is 5.69 Å². The van der Waals surface area contributed by atoms with Gasteiger partial charge in [0.25, 0.3) is 11.6 Å². The molecule has 1 aromatic rings. The Kier molecular flexibility index (Phi) is 5.67. The second-order valence-corrected chi connectivity index (χ2v) is 5.79. The fraction of sp³-hybridized carbons (Fsp3) is 0.500. The topological polar surface area (TPSA) is 98.5 Å². The van der Waals surface area contributed by atoms with Gasteiger partial charge in [-0.3, -0.25) is 14.9 Å². The third-order valence-corrected chi connectivity index (χ3v) is 4.11. The summed E-state index contributed by atoms with van der Waals surface area (Å²) >= 11 is 0. The van der Waals surface area contributed by atoms with Gasteiger partial charge in [-0.2, -0.15) is 0 Å². The maximum atomic E-state index is 11.9. The third-order valence-electron chi connectivity index (χ3n) is 4.11. The molecule has 1 N–H and O–H groups in total. The zero-order chi connectivity index (χ0) is 16.8. The number of rotatable bonds is 5. The van der Waals surface area contributed by atoms with Gasteiger partial charge in [0, 0.05) is 12.1 Å². The Morgan fingerprint density at radius 2 is 2.00 bits per heavy atom. The SMILES string of the molecule is C[C@H]1CCCC[C@@H]1NC(=O)COC(=O)c1ccccc1[N+](=O)[O-]. The summed E-state index contributed by atoms with van der Waals surface area (Å²) in [5.74, 6) is -0.849. The number of amides is 1. The minimum Gasteiger partial charge on any atom is -0.452 e. The molecule has 23 heavy (non-hydrogen) atoms. The molecule has 0 aromatic heterocycles. The zero-order valence-corrected chi connectivity index (χ0v) is 13.0. The van der Waals surface area contributed by atoms with E-state index in [1.807, 2.05) is 0 Å². The lowest BCUT2D eigenvalue weighted by atomic mass is 9.86. The van der Waals surface area contributed by atoms with Gasteiger partial charge in [0.2, 0.25) is 0 Å². The quantitative estimate of drug-likeness (QED) is 0.510. The Morgan fingerprint density at radius 1 is 1.30 bits per heavy atom. The van der Waals surface area contributed by atoms with Crippen molar-refractivity contribution in [3.8, 4) is 0 Å². The van der Waals surface area contributed by atoms with Crippen molar-refractivity contribution in [1.29, 1.82) is 0 Å². The summed E-state index contributed by atoms with van der Waals surface area (Å²) in [6.07, 6.45) is 4.23. The van der Waals surface area contributed by atoms with E-state index in [-0.39, 0.29) is 23.2 Å². The molecular weight excluding hydrogens is 300 g/mol. The predicted octanol–water partition coefficient (Wildman–Crippen LogP) is 2.45. The van der Waals surface area contributed by atoms with E-state index in [0.717, 1.165) is 19.3 Å². The van der Waals surface area contributed by atoms with Crippen LogP contribution in [0.15, 0.2) is 24.3 Å². The molecule has 0 radical (unpaired) electrons. The molecule has 7 nitrogen and oxygen atoms in total. The van der Waals surface area contributed by atoms with Gasteiger partial charge in [0.15, 0.2) is 6.61 Å². The number of esters is 1. The van der Waals surface area contributed by atoms with E-state index in [2.05, 4.69) is 12.2 Å². The van der Waals surface area contributed by atoms with Crippen LogP contribution in [-0.4, -0.2) is 29.4 Å². The smallest absolute Gasteiger partial charge is 0.345 e. The Bertz CT molecular complexity index is 602. The zero-order valence-electron chi connectivity index (χ0n) is 13.0. The van der Waals surface area contributed by atoms with Gasteiger partial charge < -0.3 is 10.1 Å². The number of nitro benzene ring substituents is 1. The summed E-state index contributed by atoms with van der Waals surface area (Å²) < 4.78 is 4.90. The molecule has 0 spiro atoms. The van der Waals surface area contributed by atoms with Crippen molar-refractivity contribution in [3.63, 3.8) is 0 Å². The molecule has 1 saturated carbocycles. The third kappa shape index (κ3) is 4.51. The first kappa shape index (κ1) is 16.9. The second-order valence-electron chi connectivity index (χ2n) is 5.79. The minimum absolute atomic E-state index is 0.0982. The van der Waals surface area contributed by atoms with Gasteiger partial charge in [-0.25, -0.2) is 4.79 Å². The summed E-state index contributed by atoms with van der Waals surface area (Å²) in [7, 11) is 0. The Hall–Kier alpha value is -2.44. The van der Waals surface area contributed by atoms with Crippen molar-refractivity contribution in [3.05, 3.63) is 39.9 Å². The van der Waals surface area contributed by atoms with E-state index in [1.165, 1.54) is 30.7 Å². The standard InChI is InChI=1S/C16H20N2O5/c1-11-6-2-4-8-13(11)17-15(19)10-23-16(20)12-7-3-5-9-14(12)18(21)22/h3,5,7,9,11,13H,2,4,6,8,10H2,1H3,(H,17,19)/t11-,13-/m0/s1. The van der Waals surface area contributed by atoms with Crippen molar-refractivity contribution in [2.24, 2.45) is 5.92 Å². The maximum absolute atomic E-state index is 11.9. The minimum atomic E-state index is -0.871. The van der Waals surface area contributed by atoms with Crippen LogP contribution >= 0.6 is 0 Å². The average Bonchev–Trinajstić information content (AvgIpc) is 2.54. The van der Waals surface area contributed by atoms with Crippen LogP contribution in [0.25, 0.3) is 0 Å². The number of nitrogens with one attached hydrogen (secondary N) is 1. The van der Waals surface area contributed by atoms with Gasteiger partial charge >= 0.3 is 5.97 Å². The first-order valence-corrected chi connectivity index (χ1v) is 7.69. The van der Waals surface area contributed by atoms with Crippen LogP contribution < -0.4 is 5.32 Å². The van der Waals surface area contributed by atoms with Gasteiger partial charge in [-0.1, -0.05) is 31.9 Å². The van der Waals surface area contributed by atoms with Crippen molar-refractivity contribution in [2.75, 3.05) is 6.61 Å². The number of carbonyl (C=O) groups excluding carboxylic acids is 2. The first-order valence-electron chi connectivity index (χ1n) is 7.69. The molecule has 0 aliphatic heterocycles. The largest absolute Gasteiger partial charge is 0.452 e. The summed E-state index contributed by atoms with van der Waals surface area (Å²) in [5, 5.41) is 13.7. The molecule has 0 bridgehead atoms. The Labute approximate surface area is 134 Å². The molecule has 1 amide bonds. The fourth-order valence-electron chi connectivity index (χ4n) is 2.79. The number of nitro groups is 1. The lowest BCUT2D eigenvalue weighted by Gasteiger charge is -2.29. The van der Waals surface area contributed by atoms with Crippen LogP contribution in [0.3, 0.4) is 0 Å². The van der Waals surface area contributed by atoms with Crippen molar-refractivity contribution >= 4 is 17.6 Å². The van der Waals surface area contributed by atoms with E-state index >= 15 is 0 Å². The lowest BCUT2D eigenvalue weighted by molar-refractivity contribution is -0.385. The number of hydrogen-bond donors (Lipinski definition) is 1. The van der Waals surface area contributed by atoms with Gasteiger partial charge in [0.05, 0.1) is 4.92 Å². The highest BCUT2D eigenvalue weighted by Crippen LogP contribution is 2.23. The number of ether oxygens (including phenoxy) is 1. The molecule has 0 saturated heterocycles. The molecule has 2 atom stereocenters. The van der Waals surface area contributed by atoms with E-state index in [9.17, 15) is 19.7 Å². The summed E-state index contributed by atoms with van der Waals surface area (Å²) in [4.78, 5) is 34.0. The molecule has 1 aromatic carbocycles. The number of para-hydroxylation sites is 1. The molecule has 0 heterocycles. The highest BCUT2D eigenvalue weighted by Gasteiger charge is 2.24. The molecule has 0 unspecified atom stereocenters. The van der Waals surface area contributed by atoms with Gasteiger partial charge in [-0.15, -0.1) is 0 Å². The highest BCUT2D eigenvalue weighted by molar-refractivity contribution is 5.95. The molecule has 1 fully saturated rings. The van der Waals surface area contributed by atoms with Crippen LogP contribution in [0.1, 0.15) is 43.0 Å². The van der Waals surface area contributed by atoms with Crippen molar-refractivity contribution < 1.29 is 19.2 Å². The average molecular weight is 320 g/mol. The second kappa shape index (κ2) is 7.71. The summed E-state index contributed by atoms with van der Waals surface area (Å²) in [6.45, 7) is 1.65. The first-order chi connectivity index (χ1) is 11.0. The van der Waals surface area contributed by atoms with E-state index < -0.39 is 17.5 Å². The van der Waals surface area contributed by atoms with Crippen LogP contribution in [0.2, 0.25) is 0 Å². The molecule has 7 heteroatoms. The van der Waals surface area contributed by atoms with Crippen LogP contribution in [0, 0.1) is 16.0 Å². The molecule has 124 valence electrons. The Morgan fingerprint density at radius 3 is 2.70 bits per heavy atom. The van der Waals surface area contributed by atoms with Crippen LogP contribution in [0.5, 0.6) is 0 Å². The predicted molar refractivity (Wildman–Crippen MR) is 82.9 cm³/mol. The lowest BCUT2D eigenvalue weighted by Crippen LogP contribution is -2.42. The Balaban J connectivity index is 1.89. The number of nitrogens with zero attached hydrogens (tertiary/aromatic N) is 1. The van der Waals surface area contributed by atoms with Crippen LogP contribution in [-0.2, 0) is 9.53 Å². The summed E-state index contributed by atoms with van der Waals surface area (Å²) in [5.41, 5.74) is -0.491. The number of carbonyl (C=O) groups is 2. The van der Waals surface area contributed by atoms with Gasteiger partial charge in [0.1, 0.15) is 5.56 Å². The fourth-order valence-corrected chi connectivity index (χ4v) is 2.79. The normalized spacial score (nSPS) is 20.6. The van der Waals surface area contributed by atoms with E-state index in [1.54, 1.807) is 0 Å². The molecule has 1 aliphatic rings. The van der Waals surface area contributed by atoms with E-state index in [0.29, 0.717) is 5.92 Å². The number of benzene rings is 1. The van der Waals surface area contributed by atoms with Gasteiger partial charge in [-0.05, 0) is 24.8 Å². The van der Waals surface area contributed by atoms with E-state index in [4.69, 9.17) is 4.74 Å². The molecular formula is C16H20N2O5. The summed E-state index contributed by atoms with van der Waals surface area (Å²) in [6, 6.07) is 5.60. The van der Waals surface area contributed by atoms with Crippen molar-refractivity contribution in [2.45, 2.75) is 38.6 Å². The highest BCUT2D eigenvalue weighted by atomic mass is 16.6. The van der Waals surface area contributed by atoms with Crippen molar-refractivity contribution in [1.82, 2.24) is 5.32 Å². The maximum Gasteiger partial charge on any atom is 0.345 e. The molecule has 2 rings (SSSR count). The molecule has 1 aliphatic carbocycles. The monoisotopic (exact) mass is 320 g/mol. The number of hydrogen-bond acceptors (Lipinski definition) is 5.